The molecule has 3 aliphatic rings. The Labute approximate surface area is 245 Å². The molecule has 1 saturated carbocycles. The number of benzene rings is 1. The van der Waals surface area contributed by atoms with Crippen LogP contribution in [0.25, 0.3) is 0 Å². The van der Waals surface area contributed by atoms with Gasteiger partial charge in [-0.1, -0.05) is 29.3 Å². The summed E-state index contributed by atoms with van der Waals surface area (Å²) in [4.78, 5) is 48.8. The van der Waals surface area contributed by atoms with Gasteiger partial charge in [0.1, 0.15) is 19.8 Å². The van der Waals surface area contributed by atoms with Gasteiger partial charge in [-0.25, -0.2) is 23.5 Å². The minimum Gasteiger partial charge on any atom is -0.503 e. The minimum atomic E-state index is -2.20. The number of carbonyl (C=O) groups excluding carboxylic acids is 2. The monoisotopic (exact) mass is 715 g/mol. The molecule has 1 fully saturated rings. The second kappa shape index (κ2) is 8.76. The average molecular weight is 719 g/mol. The molecule has 1 N–H and O–H groups in total. The highest BCUT2D eigenvalue weighted by atomic mass is 79.9. The molecule has 2 heterocycles. The number of nitrogens with zero attached hydrogens (tertiary/aromatic N) is 3. The fraction of sp³-hybridized carbons (Fsp3) is 0.364. The number of phenols is 1. The van der Waals surface area contributed by atoms with E-state index in [1.165, 1.54) is 29.6 Å². The summed E-state index contributed by atoms with van der Waals surface area (Å²) in [6.45, 7) is -0.0139. The fourth-order valence-corrected chi connectivity index (χ4v) is 7.87. The van der Waals surface area contributed by atoms with Crippen LogP contribution < -0.4 is 16.1 Å². The molecule has 15 heteroatoms. The predicted molar refractivity (Wildman–Crippen MR) is 144 cm³/mol. The lowest BCUT2D eigenvalue weighted by Gasteiger charge is -2.54. The molecule has 1 aromatic heterocycles. The third-order valence-corrected chi connectivity index (χ3v) is 11.6. The number of ether oxygens (including phenoxy) is 1. The van der Waals surface area contributed by atoms with Crippen LogP contribution in [0.4, 0.5) is 0 Å². The van der Waals surface area contributed by atoms with Gasteiger partial charge >= 0.3 is 11.4 Å². The lowest BCUT2D eigenvalue weighted by Crippen LogP contribution is -2.67. The highest BCUT2D eigenvalue weighted by Gasteiger charge is 2.71. The molecule has 37 heavy (non-hydrogen) atoms. The normalized spacial score (nSPS) is 29.0. The first-order chi connectivity index (χ1) is 17.2. The highest BCUT2D eigenvalue weighted by molar-refractivity contribution is 9.13. The van der Waals surface area contributed by atoms with Crippen molar-refractivity contribution in [3.63, 3.8) is 0 Å². The van der Waals surface area contributed by atoms with Gasteiger partial charge in [-0.05, 0) is 49.1 Å². The van der Waals surface area contributed by atoms with Crippen LogP contribution in [-0.2, 0) is 23.2 Å². The Morgan fingerprint density at radius 3 is 2.30 bits per heavy atom. The van der Waals surface area contributed by atoms with Gasteiger partial charge in [0.05, 0.1) is 24.2 Å². The fourth-order valence-electron chi connectivity index (χ4n) is 5.40. The number of Topliss-reactive ketones (excluding diaryl/α,β-unsaturated/α-hetero) is 2. The van der Waals surface area contributed by atoms with Crippen LogP contribution in [-0.4, -0.2) is 47.5 Å². The number of aromatic hydroxyl groups is 1. The summed E-state index contributed by atoms with van der Waals surface area (Å²) in [6.07, 6.45) is 1.34. The molecule has 0 bridgehead atoms. The second-order valence-electron chi connectivity index (χ2n) is 8.85. The van der Waals surface area contributed by atoms with E-state index in [0.717, 1.165) is 4.57 Å². The number of allylic oxidation sites excluding steroid dienone is 4. The van der Waals surface area contributed by atoms with Gasteiger partial charge in [0.2, 0.25) is 0 Å². The van der Waals surface area contributed by atoms with Crippen LogP contribution in [0.3, 0.4) is 0 Å². The Kier molecular flexibility index (Phi) is 6.41. The van der Waals surface area contributed by atoms with E-state index in [2.05, 4.69) is 31.9 Å². The van der Waals surface area contributed by atoms with Crippen molar-refractivity contribution in [1.29, 1.82) is 0 Å². The molecule has 1 aromatic carbocycles. The van der Waals surface area contributed by atoms with Gasteiger partial charge in [0, 0.05) is 23.9 Å². The van der Waals surface area contributed by atoms with Gasteiger partial charge in [-0.3, -0.25) is 9.59 Å². The number of ketones is 2. The molecule has 0 spiro atoms. The van der Waals surface area contributed by atoms with Crippen molar-refractivity contribution in [2.24, 2.45) is 7.05 Å². The summed E-state index contributed by atoms with van der Waals surface area (Å²) in [5.41, 5.74) is -0.450. The number of carbonyl (C=O) groups is 2. The lowest BCUT2D eigenvalue weighted by atomic mass is 9.59. The number of methoxy groups -OCH3 is 1. The van der Waals surface area contributed by atoms with Gasteiger partial charge in [0.25, 0.3) is 0 Å². The molecule has 2 aromatic rings. The van der Waals surface area contributed by atoms with Crippen LogP contribution in [0.15, 0.2) is 46.3 Å². The van der Waals surface area contributed by atoms with Gasteiger partial charge < -0.3 is 9.84 Å². The first kappa shape index (κ1) is 27.1. The van der Waals surface area contributed by atoms with E-state index in [-0.39, 0.29) is 33.4 Å². The second-order valence-corrected chi connectivity index (χ2v) is 12.4. The first-order valence-corrected chi connectivity index (χ1v) is 13.7. The molecule has 0 unspecified atom stereocenters. The summed E-state index contributed by atoms with van der Waals surface area (Å²) >= 11 is 33.3. The van der Waals surface area contributed by atoms with Gasteiger partial charge in [-0.15, -0.1) is 23.2 Å². The summed E-state index contributed by atoms with van der Waals surface area (Å²) < 4.78 is 9.15. The molecule has 1 aliphatic heterocycles. The zero-order valence-corrected chi connectivity index (χ0v) is 25.0. The Balaban J connectivity index is 1.91. The molecule has 0 amide bonds. The van der Waals surface area contributed by atoms with Crippen LogP contribution in [0.2, 0.25) is 0 Å². The average Bonchev–Trinajstić information content (AvgIpc) is 3.10. The highest BCUT2D eigenvalue weighted by Crippen LogP contribution is 2.65. The standard InChI is InChI=1S/C22H15Br2Cl4N3O6/c1-29-19(35)30-4-3-7-9(31(30)20(29)36)6-21(27)17(33)14(25)15(26)18(34)22(21,28)11(7)8-5-10(37-2)16(32)13(24)12(8)23/h3,5,9,11,32H,4,6H2,1-2H3/t9-,11-,21-,22+/m1/s1. The first-order valence-electron chi connectivity index (χ1n) is 10.6. The molecule has 4 atom stereocenters. The maximum Gasteiger partial charge on any atom is 0.347 e. The minimum absolute atomic E-state index is 0.0139. The molecule has 2 aliphatic carbocycles. The van der Waals surface area contributed by atoms with Crippen LogP contribution in [0.5, 0.6) is 11.5 Å². The van der Waals surface area contributed by atoms with E-state index in [1.807, 2.05) is 0 Å². The summed E-state index contributed by atoms with van der Waals surface area (Å²) in [7, 11) is 2.67. The topological polar surface area (TPSA) is 113 Å². The predicted octanol–water partition coefficient (Wildman–Crippen LogP) is 4.05. The van der Waals surface area contributed by atoms with E-state index in [0.29, 0.717) is 11.1 Å². The largest absolute Gasteiger partial charge is 0.503 e. The Morgan fingerprint density at radius 1 is 1.05 bits per heavy atom. The number of halogens is 6. The molecule has 0 radical (unpaired) electrons. The smallest absolute Gasteiger partial charge is 0.347 e. The van der Waals surface area contributed by atoms with E-state index in [9.17, 15) is 24.3 Å². The number of fused-ring (bicyclic) bond motifs is 4. The van der Waals surface area contributed by atoms with Crippen LogP contribution in [0, 0.1) is 0 Å². The Bertz CT molecular complexity index is 1630. The van der Waals surface area contributed by atoms with Crippen LogP contribution >= 0.6 is 78.3 Å². The van der Waals surface area contributed by atoms with Crippen molar-refractivity contribution in [3.05, 3.63) is 63.3 Å². The van der Waals surface area contributed by atoms with Crippen molar-refractivity contribution < 1.29 is 19.4 Å². The number of hydrogen-bond donors (Lipinski definition) is 1. The van der Waals surface area contributed by atoms with Gasteiger partial charge in [-0.2, -0.15) is 0 Å². The van der Waals surface area contributed by atoms with Crippen LogP contribution in [0.1, 0.15) is 23.9 Å². The molecule has 0 saturated heterocycles. The molecule has 9 nitrogen and oxygen atoms in total. The molecule has 5 rings (SSSR count). The maximum absolute atomic E-state index is 13.8. The number of phenolic OH excluding ortho intramolecular Hbond substituents is 1. The quantitative estimate of drug-likeness (QED) is 0.371. The number of hydrogen-bond acceptors (Lipinski definition) is 6. The van der Waals surface area contributed by atoms with Crippen molar-refractivity contribution >= 4 is 89.8 Å². The lowest BCUT2D eigenvalue weighted by molar-refractivity contribution is -0.128. The molecular formula is C22H15Br2Cl4N3O6. The van der Waals surface area contributed by atoms with Crippen molar-refractivity contribution in [1.82, 2.24) is 13.9 Å². The number of rotatable bonds is 2. The maximum atomic E-state index is 13.8. The van der Waals surface area contributed by atoms with E-state index in [4.69, 9.17) is 51.1 Å². The molecular weight excluding hydrogens is 704 g/mol. The van der Waals surface area contributed by atoms with E-state index in [1.54, 1.807) is 6.08 Å². The third kappa shape index (κ3) is 3.27. The summed E-state index contributed by atoms with van der Waals surface area (Å²) in [6, 6.07) is 0.494. The van der Waals surface area contributed by atoms with Gasteiger partial charge in [0.15, 0.2) is 23.1 Å². The van der Waals surface area contributed by atoms with Crippen molar-refractivity contribution in [2.45, 2.75) is 34.7 Å². The van der Waals surface area contributed by atoms with E-state index < -0.39 is 54.7 Å². The number of alkyl halides is 2. The zero-order chi connectivity index (χ0) is 27.4. The third-order valence-electron chi connectivity index (χ3n) is 7.20. The Hall–Kier alpha value is -1.50. The number of aromatic nitrogens is 3. The van der Waals surface area contributed by atoms with E-state index >= 15 is 0 Å². The van der Waals surface area contributed by atoms with Crippen molar-refractivity contribution in [2.75, 3.05) is 7.11 Å². The zero-order valence-electron chi connectivity index (χ0n) is 18.8. The summed E-state index contributed by atoms with van der Waals surface area (Å²) in [5.74, 6) is -3.14. The SMILES string of the molecule is COc1cc([C@H]2C3=CCn4c(=O)n(C)c(=O)n4[C@@H]3C[C@@]3(Cl)C(=O)C(Cl)=C(Cl)C(=O)[C@@]23Cl)c(Br)c(Br)c1O. The summed E-state index contributed by atoms with van der Waals surface area (Å²) in [5, 5.41) is 9.39. The molecule has 196 valence electrons. The van der Waals surface area contributed by atoms with Crippen molar-refractivity contribution in [3.8, 4) is 11.5 Å². The Morgan fingerprint density at radius 2 is 1.68 bits per heavy atom.